The normalized spacial score (nSPS) is 19.4. The monoisotopic (exact) mass is 502 g/mol. The smallest absolute Gasteiger partial charge is 0.336 e. The zero-order valence-corrected chi connectivity index (χ0v) is 22.4. The highest BCUT2D eigenvalue weighted by atomic mass is 16.6. The van der Waals surface area contributed by atoms with Crippen molar-refractivity contribution >= 4 is 17.4 Å². The standard InChI is InChI=1S/C31H38N2O4/c1-5-33(6-2)25-15-13-23(14-16-25)29-28(31(35)37-18-17-36-7-3)21(4)32-26-19-24(20-27(34)30(26)29)22-11-9-8-10-12-22/h8-16,24,29,32H,5-7,17-20H2,1-4H3/t24-,29-/m0/s1. The van der Waals surface area contributed by atoms with Crippen molar-refractivity contribution in [3.63, 3.8) is 0 Å². The van der Waals surface area contributed by atoms with Gasteiger partial charge in [0, 0.05) is 54.7 Å². The van der Waals surface area contributed by atoms with E-state index in [1.807, 2.05) is 44.2 Å². The molecule has 0 bridgehead atoms. The maximum atomic E-state index is 13.7. The summed E-state index contributed by atoms with van der Waals surface area (Å²) in [6.45, 7) is 11.0. The summed E-state index contributed by atoms with van der Waals surface area (Å²) in [5.74, 6) is -0.691. The van der Waals surface area contributed by atoms with Gasteiger partial charge in [-0.2, -0.15) is 0 Å². The Bertz CT molecular complexity index is 1160. The summed E-state index contributed by atoms with van der Waals surface area (Å²) in [6, 6.07) is 18.4. The van der Waals surface area contributed by atoms with Crippen LogP contribution in [0.25, 0.3) is 0 Å². The molecule has 0 saturated heterocycles. The van der Waals surface area contributed by atoms with Crippen LogP contribution in [0, 0.1) is 0 Å². The van der Waals surface area contributed by atoms with Gasteiger partial charge >= 0.3 is 5.97 Å². The number of dihydropyridines is 1. The van der Waals surface area contributed by atoms with Gasteiger partial charge in [-0.15, -0.1) is 0 Å². The summed E-state index contributed by atoms with van der Waals surface area (Å²) < 4.78 is 11.0. The number of Topliss-reactive ketones (excluding diaryl/α,β-unsaturated/α-hetero) is 1. The number of ketones is 1. The van der Waals surface area contributed by atoms with E-state index in [0.717, 1.165) is 47.7 Å². The van der Waals surface area contributed by atoms with Crippen molar-refractivity contribution in [1.29, 1.82) is 0 Å². The first-order valence-corrected chi connectivity index (χ1v) is 13.4. The molecule has 1 aliphatic heterocycles. The van der Waals surface area contributed by atoms with Gasteiger partial charge in [0.15, 0.2) is 5.78 Å². The molecule has 4 rings (SSSR count). The molecule has 0 fully saturated rings. The van der Waals surface area contributed by atoms with Gasteiger partial charge in [-0.05, 0) is 63.3 Å². The number of hydrogen-bond acceptors (Lipinski definition) is 6. The number of carbonyl (C=O) groups is 2. The fourth-order valence-electron chi connectivity index (χ4n) is 5.49. The van der Waals surface area contributed by atoms with Crippen molar-refractivity contribution in [3.05, 3.63) is 88.3 Å². The van der Waals surface area contributed by atoms with Gasteiger partial charge in [0.2, 0.25) is 0 Å². The minimum atomic E-state index is -0.467. The van der Waals surface area contributed by atoms with E-state index in [1.165, 1.54) is 0 Å². The van der Waals surface area contributed by atoms with E-state index in [2.05, 4.69) is 48.3 Å². The van der Waals surface area contributed by atoms with Crippen LogP contribution in [0.15, 0.2) is 77.1 Å². The molecule has 0 spiro atoms. The molecule has 0 aromatic heterocycles. The van der Waals surface area contributed by atoms with Gasteiger partial charge in [0.05, 0.1) is 12.2 Å². The predicted molar refractivity (Wildman–Crippen MR) is 146 cm³/mol. The molecular weight excluding hydrogens is 464 g/mol. The summed E-state index contributed by atoms with van der Waals surface area (Å²) in [7, 11) is 0. The summed E-state index contributed by atoms with van der Waals surface area (Å²) in [6.07, 6.45) is 1.15. The second-order valence-electron chi connectivity index (χ2n) is 9.52. The zero-order valence-electron chi connectivity index (χ0n) is 22.4. The topological polar surface area (TPSA) is 67.9 Å². The maximum Gasteiger partial charge on any atom is 0.336 e. The SMILES string of the molecule is CCOCCOC(=O)C1=C(C)NC2=C(C(=O)C[C@@H](c3ccccc3)C2)[C@H]1c1ccc(N(CC)CC)cc1. The molecule has 196 valence electrons. The number of nitrogens with zero attached hydrogens (tertiary/aromatic N) is 1. The average molecular weight is 503 g/mol. The third-order valence-electron chi connectivity index (χ3n) is 7.34. The summed E-state index contributed by atoms with van der Waals surface area (Å²) >= 11 is 0. The van der Waals surface area contributed by atoms with Gasteiger partial charge in [0.25, 0.3) is 0 Å². The number of allylic oxidation sites excluding steroid dienone is 3. The molecule has 0 amide bonds. The van der Waals surface area contributed by atoms with E-state index in [0.29, 0.717) is 30.8 Å². The number of anilines is 1. The molecule has 1 N–H and O–H groups in total. The molecule has 1 heterocycles. The van der Waals surface area contributed by atoms with Gasteiger partial charge in [0.1, 0.15) is 6.61 Å². The van der Waals surface area contributed by atoms with Crippen LogP contribution in [0.5, 0.6) is 0 Å². The minimum absolute atomic E-state index is 0.0764. The van der Waals surface area contributed by atoms with Crippen LogP contribution in [-0.2, 0) is 19.1 Å². The van der Waals surface area contributed by atoms with Crippen molar-refractivity contribution < 1.29 is 19.1 Å². The Morgan fingerprint density at radius 3 is 2.30 bits per heavy atom. The maximum absolute atomic E-state index is 13.7. The first-order valence-electron chi connectivity index (χ1n) is 13.4. The van der Waals surface area contributed by atoms with Gasteiger partial charge in [-0.3, -0.25) is 4.79 Å². The Morgan fingerprint density at radius 2 is 1.65 bits per heavy atom. The van der Waals surface area contributed by atoms with Gasteiger partial charge in [-0.1, -0.05) is 42.5 Å². The first-order chi connectivity index (χ1) is 18.0. The molecule has 0 saturated carbocycles. The molecule has 2 atom stereocenters. The van der Waals surface area contributed by atoms with Crippen LogP contribution in [0.4, 0.5) is 5.69 Å². The fraction of sp³-hybridized carbons (Fsp3) is 0.419. The lowest BCUT2D eigenvalue weighted by Crippen LogP contribution is -2.36. The molecule has 2 aromatic rings. The second kappa shape index (κ2) is 12.2. The van der Waals surface area contributed by atoms with E-state index >= 15 is 0 Å². The largest absolute Gasteiger partial charge is 0.460 e. The van der Waals surface area contributed by atoms with Gasteiger partial charge in [-0.25, -0.2) is 4.79 Å². The highest BCUT2D eigenvalue weighted by Gasteiger charge is 2.41. The molecular formula is C31H38N2O4. The van der Waals surface area contributed by atoms with Crippen LogP contribution in [0.2, 0.25) is 0 Å². The van der Waals surface area contributed by atoms with Crippen LogP contribution in [-0.4, -0.2) is 44.7 Å². The van der Waals surface area contributed by atoms with Crippen LogP contribution >= 0.6 is 0 Å². The third kappa shape index (κ3) is 5.80. The number of ether oxygens (including phenoxy) is 2. The van der Waals surface area contributed by atoms with E-state index in [9.17, 15) is 9.59 Å². The van der Waals surface area contributed by atoms with Crippen molar-refractivity contribution in [2.24, 2.45) is 0 Å². The van der Waals surface area contributed by atoms with Crippen molar-refractivity contribution in [2.45, 2.75) is 52.4 Å². The number of benzene rings is 2. The number of rotatable bonds is 10. The number of esters is 1. The summed E-state index contributed by atoms with van der Waals surface area (Å²) in [5.41, 5.74) is 6.03. The lowest BCUT2D eigenvalue weighted by Gasteiger charge is -2.37. The van der Waals surface area contributed by atoms with Crippen LogP contribution in [0.3, 0.4) is 0 Å². The zero-order chi connectivity index (χ0) is 26.4. The number of nitrogens with one attached hydrogen (secondary N) is 1. The van der Waals surface area contributed by atoms with Crippen molar-refractivity contribution in [1.82, 2.24) is 5.32 Å². The van der Waals surface area contributed by atoms with E-state index in [1.54, 1.807) is 0 Å². The fourth-order valence-corrected chi connectivity index (χ4v) is 5.49. The summed E-state index contributed by atoms with van der Waals surface area (Å²) in [5, 5.41) is 3.43. The van der Waals surface area contributed by atoms with E-state index in [-0.39, 0.29) is 18.3 Å². The Hall–Kier alpha value is -3.38. The predicted octanol–water partition coefficient (Wildman–Crippen LogP) is 5.47. The Morgan fingerprint density at radius 1 is 0.946 bits per heavy atom. The molecule has 2 aliphatic rings. The lowest BCUT2D eigenvalue weighted by atomic mass is 9.71. The average Bonchev–Trinajstić information content (AvgIpc) is 2.91. The van der Waals surface area contributed by atoms with Crippen LogP contribution < -0.4 is 10.2 Å². The van der Waals surface area contributed by atoms with E-state index in [4.69, 9.17) is 9.47 Å². The lowest BCUT2D eigenvalue weighted by molar-refractivity contribution is -0.140. The quantitative estimate of drug-likeness (QED) is 0.343. The molecule has 1 aliphatic carbocycles. The third-order valence-corrected chi connectivity index (χ3v) is 7.34. The minimum Gasteiger partial charge on any atom is -0.460 e. The Kier molecular flexibility index (Phi) is 8.82. The highest BCUT2D eigenvalue weighted by molar-refractivity contribution is 6.04. The molecule has 37 heavy (non-hydrogen) atoms. The molecule has 0 unspecified atom stereocenters. The molecule has 6 nitrogen and oxygen atoms in total. The molecule has 6 heteroatoms. The second-order valence-corrected chi connectivity index (χ2v) is 9.52. The Labute approximate surface area is 220 Å². The van der Waals surface area contributed by atoms with Gasteiger partial charge < -0.3 is 19.7 Å². The van der Waals surface area contributed by atoms with Crippen molar-refractivity contribution in [3.8, 4) is 0 Å². The van der Waals surface area contributed by atoms with Crippen molar-refractivity contribution in [2.75, 3.05) is 37.8 Å². The summed E-state index contributed by atoms with van der Waals surface area (Å²) in [4.78, 5) is 29.4. The highest BCUT2D eigenvalue weighted by Crippen LogP contribution is 2.45. The number of hydrogen-bond donors (Lipinski definition) is 1. The number of carbonyl (C=O) groups excluding carboxylic acids is 2. The van der Waals surface area contributed by atoms with Crippen LogP contribution in [0.1, 0.15) is 63.5 Å². The first kappa shape index (κ1) is 26.7. The molecule has 2 aromatic carbocycles. The van der Waals surface area contributed by atoms with E-state index < -0.39 is 11.9 Å². The molecule has 0 radical (unpaired) electrons. The Balaban J connectivity index is 1.72.